The quantitative estimate of drug-likeness (QED) is 0.656. The molecule has 0 spiro atoms. The molecule has 0 amide bonds. The number of hydrogen-bond acceptors (Lipinski definition) is 4. The molecular weight excluding hydrogens is 274 g/mol. The number of carbonyl (C=O) groups excluding carboxylic acids is 1. The molecule has 1 unspecified atom stereocenters. The third kappa shape index (κ3) is 3.23. The van der Waals surface area contributed by atoms with Crippen LogP contribution in [0.2, 0.25) is 0 Å². The number of esters is 1. The van der Waals surface area contributed by atoms with Crippen LogP contribution in [0.5, 0.6) is 0 Å². The van der Waals surface area contributed by atoms with Crippen molar-refractivity contribution in [1.29, 1.82) is 0 Å². The summed E-state index contributed by atoms with van der Waals surface area (Å²) in [5.74, 6) is -0.283. The first-order valence-corrected chi connectivity index (χ1v) is 5.98. The summed E-state index contributed by atoms with van der Waals surface area (Å²) in [6, 6.07) is 0. The second kappa shape index (κ2) is 5.89. The van der Waals surface area contributed by atoms with Crippen LogP contribution in [-0.2, 0) is 23.0 Å². The van der Waals surface area contributed by atoms with Crippen molar-refractivity contribution in [2.24, 2.45) is 7.05 Å². The Balaban J connectivity index is 2.57. The molecule has 1 aromatic rings. The average molecular weight is 290 g/mol. The molecule has 0 fully saturated rings. The number of nitrogens with zero attached hydrogens (tertiary/aromatic N) is 2. The van der Waals surface area contributed by atoms with E-state index in [2.05, 4.69) is 31.1 Å². The van der Waals surface area contributed by atoms with E-state index in [0.717, 1.165) is 17.8 Å². The van der Waals surface area contributed by atoms with E-state index < -0.39 is 0 Å². The van der Waals surface area contributed by atoms with Gasteiger partial charge in [-0.15, -0.1) is 0 Å². The van der Waals surface area contributed by atoms with Crippen LogP contribution in [0.3, 0.4) is 0 Å². The van der Waals surface area contributed by atoms with Gasteiger partial charge in [0.25, 0.3) is 0 Å². The highest BCUT2D eigenvalue weighted by molar-refractivity contribution is 9.10. The van der Waals surface area contributed by atoms with Crippen LogP contribution in [0.15, 0.2) is 6.20 Å². The van der Waals surface area contributed by atoms with Crippen molar-refractivity contribution >= 4 is 27.6 Å². The molecule has 1 aromatic heterocycles. The van der Waals surface area contributed by atoms with E-state index >= 15 is 0 Å². The molecule has 0 aromatic carbocycles. The van der Waals surface area contributed by atoms with E-state index in [0.29, 0.717) is 6.54 Å². The van der Waals surface area contributed by atoms with Gasteiger partial charge in [-0.3, -0.25) is 9.48 Å². The molecular formula is C10H16BrN3O2. The Kier molecular flexibility index (Phi) is 4.79. The zero-order valence-corrected chi connectivity index (χ0v) is 11.2. The zero-order chi connectivity index (χ0) is 12.1. The van der Waals surface area contributed by atoms with Gasteiger partial charge in [0.2, 0.25) is 0 Å². The molecule has 0 bridgehead atoms. The third-order valence-corrected chi connectivity index (χ3v) is 2.87. The fourth-order valence-electron chi connectivity index (χ4n) is 1.35. The van der Waals surface area contributed by atoms with Gasteiger partial charge in [-0.25, -0.2) is 0 Å². The van der Waals surface area contributed by atoms with E-state index in [1.165, 1.54) is 7.11 Å². The van der Waals surface area contributed by atoms with Crippen molar-refractivity contribution in [3.63, 3.8) is 0 Å². The number of hydrogen-bond donors (Lipinski definition) is 1. The average Bonchev–Trinajstić information content (AvgIpc) is 2.65. The molecule has 0 radical (unpaired) electrons. The van der Waals surface area contributed by atoms with Gasteiger partial charge in [-0.2, -0.15) is 5.10 Å². The lowest BCUT2D eigenvalue weighted by atomic mass is 10.3. The molecule has 1 rings (SSSR count). The van der Waals surface area contributed by atoms with Crippen LogP contribution in [-0.4, -0.2) is 34.2 Å². The van der Waals surface area contributed by atoms with E-state index in [-0.39, 0.29) is 10.8 Å². The van der Waals surface area contributed by atoms with Crippen molar-refractivity contribution in [2.45, 2.75) is 18.2 Å². The minimum absolute atomic E-state index is 0.283. The van der Waals surface area contributed by atoms with Gasteiger partial charge in [0.05, 0.1) is 18.5 Å². The number of alkyl halides is 1. The van der Waals surface area contributed by atoms with Crippen LogP contribution in [0, 0.1) is 0 Å². The fraction of sp³-hybridized carbons (Fsp3) is 0.600. The molecule has 0 saturated carbocycles. The first kappa shape index (κ1) is 13.0. The molecule has 6 heteroatoms. The van der Waals surface area contributed by atoms with Crippen LogP contribution < -0.4 is 5.32 Å². The number of aromatic nitrogens is 2. The number of aryl methyl sites for hydroxylation is 2. The molecule has 1 atom stereocenters. The molecule has 1 N–H and O–H groups in total. The van der Waals surface area contributed by atoms with Gasteiger partial charge in [0.15, 0.2) is 0 Å². The van der Waals surface area contributed by atoms with E-state index in [1.54, 1.807) is 4.68 Å². The second-order valence-electron chi connectivity index (χ2n) is 3.39. The van der Waals surface area contributed by atoms with Gasteiger partial charge in [-0.05, 0) is 6.42 Å². The maximum Gasteiger partial charge on any atom is 0.321 e. The Morgan fingerprint density at radius 2 is 2.44 bits per heavy atom. The number of methoxy groups -OCH3 is 1. The lowest BCUT2D eigenvalue weighted by Gasteiger charge is -2.09. The summed E-state index contributed by atoms with van der Waals surface area (Å²) >= 11 is 3.25. The smallest absolute Gasteiger partial charge is 0.321 e. The highest BCUT2D eigenvalue weighted by Crippen LogP contribution is 2.14. The minimum atomic E-state index is -0.345. The van der Waals surface area contributed by atoms with Crippen LogP contribution in [0.4, 0.5) is 5.69 Å². The predicted octanol–water partition coefficient (Wildman–Crippen LogP) is 1.33. The lowest BCUT2D eigenvalue weighted by molar-refractivity contribution is -0.139. The second-order valence-corrected chi connectivity index (χ2v) is 4.49. The number of rotatable bonds is 5. The fourth-order valence-corrected chi connectivity index (χ4v) is 1.70. The summed E-state index contributed by atoms with van der Waals surface area (Å²) in [6.07, 6.45) is 2.75. The van der Waals surface area contributed by atoms with Crippen molar-refractivity contribution in [1.82, 2.24) is 9.78 Å². The number of carbonyl (C=O) groups is 1. The van der Waals surface area contributed by atoms with Gasteiger partial charge in [0, 0.05) is 19.8 Å². The molecule has 1 heterocycles. The van der Waals surface area contributed by atoms with Crippen molar-refractivity contribution in [3.05, 3.63) is 11.9 Å². The summed E-state index contributed by atoms with van der Waals surface area (Å²) in [4.78, 5) is 10.8. The number of nitrogens with one attached hydrogen (secondary N) is 1. The van der Waals surface area contributed by atoms with Gasteiger partial charge in [-0.1, -0.05) is 22.9 Å². The molecule has 0 aliphatic carbocycles. The monoisotopic (exact) mass is 289 g/mol. The first-order valence-electron chi connectivity index (χ1n) is 5.06. The van der Waals surface area contributed by atoms with Crippen LogP contribution >= 0.6 is 15.9 Å². The first-order chi connectivity index (χ1) is 7.58. The molecule has 5 nitrogen and oxygen atoms in total. The molecule has 90 valence electrons. The third-order valence-electron chi connectivity index (χ3n) is 2.17. The van der Waals surface area contributed by atoms with Crippen molar-refractivity contribution in [3.8, 4) is 0 Å². The normalized spacial score (nSPS) is 12.2. The Labute approximate surface area is 103 Å². The lowest BCUT2D eigenvalue weighted by Crippen LogP contribution is -2.24. The summed E-state index contributed by atoms with van der Waals surface area (Å²) in [7, 11) is 3.24. The predicted molar refractivity (Wildman–Crippen MR) is 65.8 cm³/mol. The Hall–Kier alpha value is -1.04. The van der Waals surface area contributed by atoms with Gasteiger partial charge >= 0.3 is 5.97 Å². The maximum atomic E-state index is 11.2. The zero-order valence-electron chi connectivity index (χ0n) is 9.66. The Morgan fingerprint density at radius 3 is 3.00 bits per heavy atom. The molecule has 16 heavy (non-hydrogen) atoms. The van der Waals surface area contributed by atoms with Gasteiger partial charge < -0.3 is 10.1 Å². The molecule has 0 aliphatic heterocycles. The summed E-state index contributed by atoms with van der Waals surface area (Å²) in [5, 5.41) is 7.46. The summed E-state index contributed by atoms with van der Waals surface area (Å²) in [6.45, 7) is 2.52. The highest BCUT2D eigenvalue weighted by atomic mass is 79.9. The van der Waals surface area contributed by atoms with E-state index in [4.69, 9.17) is 0 Å². The number of halogens is 1. The van der Waals surface area contributed by atoms with Crippen molar-refractivity contribution < 1.29 is 9.53 Å². The SMILES string of the molecule is CCc1nn(C)cc1NCC(Br)C(=O)OC. The standard InChI is InChI=1S/C10H16BrN3O2/c1-4-8-9(6-14(2)13-8)12-5-7(11)10(15)16-3/h6-7,12H,4-5H2,1-3H3. The Bertz CT molecular complexity index is 365. The van der Waals surface area contributed by atoms with Crippen LogP contribution in [0.1, 0.15) is 12.6 Å². The van der Waals surface area contributed by atoms with Crippen LogP contribution in [0.25, 0.3) is 0 Å². The van der Waals surface area contributed by atoms with Gasteiger partial charge in [0.1, 0.15) is 4.83 Å². The number of ether oxygens (including phenoxy) is 1. The largest absolute Gasteiger partial charge is 0.468 e. The van der Waals surface area contributed by atoms with E-state index in [9.17, 15) is 4.79 Å². The molecule has 0 aliphatic rings. The van der Waals surface area contributed by atoms with Crippen molar-refractivity contribution in [2.75, 3.05) is 19.0 Å². The summed E-state index contributed by atoms with van der Waals surface area (Å²) < 4.78 is 6.37. The van der Waals surface area contributed by atoms with E-state index in [1.807, 2.05) is 20.2 Å². The Morgan fingerprint density at radius 1 is 1.75 bits per heavy atom. The number of anilines is 1. The topological polar surface area (TPSA) is 56.2 Å². The molecule has 0 saturated heterocycles. The minimum Gasteiger partial charge on any atom is -0.468 e. The summed E-state index contributed by atoms with van der Waals surface area (Å²) in [5.41, 5.74) is 1.95. The maximum absolute atomic E-state index is 11.2. The highest BCUT2D eigenvalue weighted by Gasteiger charge is 2.15.